The summed E-state index contributed by atoms with van der Waals surface area (Å²) in [6.45, 7) is 8.25. The Morgan fingerprint density at radius 2 is 1.96 bits per heavy atom. The summed E-state index contributed by atoms with van der Waals surface area (Å²) in [4.78, 5) is 24.7. The summed E-state index contributed by atoms with van der Waals surface area (Å²) >= 11 is 0. The van der Waals surface area contributed by atoms with E-state index in [0.717, 1.165) is 24.0 Å². The standard InChI is InChI=1S/C20H26O3/c1-12(2)13-6-7-15-14(10-13)16(21)11-17-19(15,3)8-5-9-20(17,4)18(22)23/h6-7,10,12,17H,5,8-9,11H2,1-4H3,(H,22,23). The number of benzene rings is 1. The van der Waals surface area contributed by atoms with Gasteiger partial charge in [-0.05, 0) is 54.2 Å². The lowest BCUT2D eigenvalue weighted by Gasteiger charge is -2.53. The quantitative estimate of drug-likeness (QED) is 0.871. The van der Waals surface area contributed by atoms with E-state index >= 15 is 0 Å². The number of ketones is 1. The largest absolute Gasteiger partial charge is 0.481 e. The predicted molar refractivity (Wildman–Crippen MR) is 89.9 cm³/mol. The summed E-state index contributed by atoms with van der Waals surface area (Å²) in [5, 5.41) is 9.79. The minimum absolute atomic E-state index is 0.111. The second-order valence-corrected chi connectivity index (χ2v) is 8.13. The van der Waals surface area contributed by atoms with E-state index in [1.807, 2.05) is 13.0 Å². The Hall–Kier alpha value is -1.64. The van der Waals surface area contributed by atoms with Crippen LogP contribution in [-0.2, 0) is 10.2 Å². The van der Waals surface area contributed by atoms with Crippen molar-refractivity contribution in [2.75, 3.05) is 0 Å². The van der Waals surface area contributed by atoms with Gasteiger partial charge in [0.2, 0.25) is 0 Å². The smallest absolute Gasteiger partial charge is 0.309 e. The molecule has 1 aromatic carbocycles. The molecule has 0 bridgehead atoms. The van der Waals surface area contributed by atoms with Crippen LogP contribution >= 0.6 is 0 Å². The number of carboxylic acid groups (broad SMARTS) is 1. The third kappa shape index (κ3) is 2.24. The van der Waals surface area contributed by atoms with Crippen LogP contribution in [0.1, 0.15) is 80.8 Å². The van der Waals surface area contributed by atoms with Crippen LogP contribution in [0, 0.1) is 11.3 Å². The molecule has 3 nitrogen and oxygen atoms in total. The summed E-state index contributed by atoms with van der Waals surface area (Å²) in [6, 6.07) is 6.23. The zero-order valence-corrected chi connectivity index (χ0v) is 14.5. The fraction of sp³-hybridized carbons (Fsp3) is 0.600. The van der Waals surface area contributed by atoms with Gasteiger partial charge in [-0.3, -0.25) is 9.59 Å². The lowest BCUT2D eigenvalue weighted by Crippen LogP contribution is -2.53. The van der Waals surface area contributed by atoms with Gasteiger partial charge in [-0.1, -0.05) is 39.3 Å². The number of hydrogen-bond donors (Lipinski definition) is 1. The molecule has 23 heavy (non-hydrogen) atoms. The molecule has 1 fully saturated rings. The molecule has 0 aliphatic heterocycles. The molecule has 1 aromatic rings. The molecule has 0 heterocycles. The molecular weight excluding hydrogens is 288 g/mol. The lowest BCUT2D eigenvalue weighted by molar-refractivity contribution is -0.156. The zero-order chi connectivity index (χ0) is 17.0. The molecule has 3 atom stereocenters. The molecular formula is C20H26O3. The van der Waals surface area contributed by atoms with E-state index in [-0.39, 0.29) is 17.1 Å². The van der Waals surface area contributed by atoms with Crippen molar-refractivity contribution in [3.63, 3.8) is 0 Å². The SMILES string of the molecule is CC(C)c1ccc2c(c1)C(=O)CC1C(C)(C(=O)O)CCCC21C. The van der Waals surface area contributed by atoms with E-state index in [2.05, 4.69) is 32.9 Å². The fourth-order valence-corrected chi connectivity index (χ4v) is 4.85. The summed E-state index contributed by atoms with van der Waals surface area (Å²) < 4.78 is 0. The average Bonchev–Trinajstić information content (AvgIpc) is 2.49. The van der Waals surface area contributed by atoms with E-state index in [9.17, 15) is 14.7 Å². The molecule has 3 rings (SSSR count). The first kappa shape index (κ1) is 16.2. The Balaban J connectivity index is 2.16. The van der Waals surface area contributed by atoms with Gasteiger partial charge in [0.15, 0.2) is 5.78 Å². The maximum Gasteiger partial charge on any atom is 0.309 e. The van der Waals surface area contributed by atoms with Crippen molar-refractivity contribution < 1.29 is 14.7 Å². The van der Waals surface area contributed by atoms with Gasteiger partial charge in [0.1, 0.15) is 0 Å². The molecule has 0 amide bonds. The molecule has 3 heteroatoms. The Morgan fingerprint density at radius 3 is 2.57 bits per heavy atom. The van der Waals surface area contributed by atoms with Crippen molar-refractivity contribution in [2.45, 2.75) is 64.7 Å². The first-order chi connectivity index (χ1) is 10.7. The van der Waals surface area contributed by atoms with Crippen LogP contribution in [0.15, 0.2) is 18.2 Å². The molecule has 3 unspecified atom stereocenters. The highest BCUT2D eigenvalue weighted by atomic mass is 16.4. The molecule has 0 radical (unpaired) electrons. The molecule has 0 saturated heterocycles. The summed E-state index contributed by atoms with van der Waals surface area (Å²) in [7, 11) is 0. The minimum Gasteiger partial charge on any atom is -0.481 e. The van der Waals surface area contributed by atoms with Crippen LogP contribution in [0.25, 0.3) is 0 Å². The third-order valence-corrected chi connectivity index (χ3v) is 6.43. The Kier molecular flexibility index (Phi) is 3.66. The van der Waals surface area contributed by atoms with E-state index in [4.69, 9.17) is 0 Å². The number of carbonyl (C=O) groups is 2. The van der Waals surface area contributed by atoms with Crippen LogP contribution in [-0.4, -0.2) is 16.9 Å². The highest BCUT2D eigenvalue weighted by Crippen LogP contribution is 2.57. The van der Waals surface area contributed by atoms with Gasteiger partial charge in [0.05, 0.1) is 5.41 Å². The zero-order valence-electron chi connectivity index (χ0n) is 14.5. The van der Waals surface area contributed by atoms with Crippen molar-refractivity contribution >= 4 is 11.8 Å². The molecule has 2 aliphatic rings. The van der Waals surface area contributed by atoms with Gasteiger partial charge >= 0.3 is 5.97 Å². The summed E-state index contributed by atoms with van der Waals surface area (Å²) in [6.07, 6.45) is 2.88. The summed E-state index contributed by atoms with van der Waals surface area (Å²) in [5.41, 5.74) is 2.04. The minimum atomic E-state index is -0.808. The monoisotopic (exact) mass is 314 g/mol. The molecule has 1 saturated carbocycles. The number of aliphatic carboxylic acids is 1. The lowest BCUT2D eigenvalue weighted by atomic mass is 9.49. The van der Waals surface area contributed by atoms with Crippen molar-refractivity contribution in [1.82, 2.24) is 0 Å². The Morgan fingerprint density at radius 1 is 1.26 bits per heavy atom. The number of fused-ring (bicyclic) bond motifs is 3. The van der Waals surface area contributed by atoms with E-state index in [1.54, 1.807) is 0 Å². The second kappa shape index (κ2) is 5.19. The highest BCUT2D eigenvalue weighted by Gasteiger charge is 2.56. The van der Waals surface area contributed by atoms with Crippen molar-refractivity contribution in [3.8, 4) is 0 Å². The molecule has 0 spiro atoms. The maximum absolute atomic E-state index is 12.8. The topological polar surface area (TPSA) is 54.4 Å². The number of carboxylic acids is 1. The van der Waals surface area contributed by atoms with Gasteiger partial charge < -0.3 is 5.11 Å². The second-order valence-electron chi connectivity index (χ2n) is 8.13. The van der Waals surface area contributed by atoms with Gasteiger partial charge in [-0.15, -0.1) is 0 Å². The van der Waals surface area contributed by atoms with E-state index in [0.29, 0.717) is 18.8 Å². The molecule has 1 N–H and O–H groups in total. The van der Waals surface area contributed by atoms with Gasteiger partial charge in [-0.2, -0.15) is 0 Å². The first-order valence-corrected chi connectivity index (χ1v) is 8.61. The fourth-order valence-electron chi connectivity index (χ4n) is 4.85. The number of Topliss-reactive ketones (excluding diaryl/α,β-unsaturated/α-hetero) is 1. The molecule has 124 valence electrons. The Labute approximate surface area is 138 Å². The normalized spacial score (nSPS) is 33.3. The van der Waals surface area contributed by atoms with Gasteiger partial charge in [0.25, 0.3) is 0 Å². The molecule has 0 aromatic heterocycles. The first-order valence-electron chi connectivity index (χ1n) is 8.61. The van der Waals surface area contributed by atoms with Crippen LogP contribution in [0.4, 0.5) is 0 Å². The van der Waals surface area contributed by atoms with Crippen LogP contribution in [0.3, 0.4) is 0 Å². The van der Waals surface area contributed by atoms with Crippen LogP contribution in [0.2, 0.25) is 0 Å². The van der Waals surface area contributed by atoms with E-state index in [1.165, 1.54) is 5.56 Å². The van der Waals surface area contributed by atoms with Gasteiger partial charge in [-0.25, -0.2) is 0 Å². The van der Waals surface area contributed by atoms with Crippen LogP contribution < -0.4 is 0 Å². The number of rotatable bonds is 2. The maximum atomic E-state index is 12.8. The average molecular weight is 314 g/mol. The summed E-state index contributed by atoms with van der Waals surface area (Å²) in [5.74, 6) is -0.386. The predicted octanol–water partition coefficient (Wildman–Crippen LogP) is 4.55. The highest BCUT2D eigenvalue weighted by molar-refractivity contribution is 6.00. The Bertz CT molecular complexity index is 675. The van der Waals surface area contributed by atoms with Crippen molar-refractivity contribution in [1.29, 1.82) is 0 Å². The molecule has 2 aliphatic carbocycles. The van der Waals surface area contributed by atoms with Crippen molar-refractivity contribution in [3.05, 3.63) is 34.9 Å². The third-order valence-electron chi connectivity index (χ3n) is 6.43. The number of hydrogen-bond acceptors (Lipinski definition) is 2. The van der Waals surface area contributed by atoms with Crippen molar-refractivity contribution in [2.24, 2.45) is 11.3 Å². The van der Waals surface area contributed by atoms with Gasteiger partial charge in [0, 0.05) is 12.0 Å². The van der Waals surface area contributed by atoms with Crippen LogP contribution in [0.5, 0.6) is 0 Å². The number of carbonyl (C=O) groups excluding carboxylic acids is 1. The van der Waals surface area contributed by atoms with E-state index < -0.39 is 11.4 Å².